The number of benzene rings is 1. The average Bonchev–Trinajstić information content (AvgIpc) is 2.96. The number of halogens is 1. The first-order chi connectivity index (χ1) is 9.74. The Morgan fingerprint density at radius 3 is 3.05 bits per heavy atom. The van der Waals surface area contributed by atoms with Gasteiger partial charge in [-0.3, -0.25) is 0 Å². The fourth-order valence-corrected chi connectivity index (χ4v) is 2.56. The minimum atomic E-state index is -0.379. The van der Waals surface area contributed by atoms with E-state index >= 15 is 0 Å². The number of methoxy groups -OCH3 is 1. The van der Waals surface area contributed by atoms with Crippen molar-refractivity contribution >= 4 is 5.69 Å². The predicted molar refractivity (Wildman–Crippen MR) is 76.2 cm³/mol. The van der Waals surface area contributed by atoms with Gasteiger partial charge in [0.05, 0.1) is 17.9 Å². The Labute approximate surface area is 119 Å². The molecule has 1 heterocycles. The molecule has 1 saturated heterocycles. The summed E-state index contributed by atoms with van der Waals surface area (Å²) in [6.07, 6.45) is 2.31. The molecule has 1 aromatic carbocycles. The normalized spacial score (nSPS) is 17.9. The van der Waals surface area contributed by atoms with E-state index in [0.717, 1.165) is 25.2 Å². The zero-order valence-corrected chi connectivity index (χ0v) is 11.7. The van der Waals surface area contributed by atoms with Crippen LogP contribution in [-0.4, -0.2) is 39.4 Å². The van der Waals surface area contributed by atoms with E-state index in [1.807, 2.05) is 0 Å². The van der Waals surface area contributed by atoms with Gasteiger partial charge in [-0.25, -0.2) is 4.39 Å². The summed E-state index contributed by atoms with van der Waals surface area (Å²) in [5.74, 6) is -0.379. The second-order valence-corrected chi connectivity index (χ2v) is 5.01. The Morgan fingerprint density at radius 1 is 1.55 bits per heavy atom. The van der Waals surface area contributed by atoms with Crippen LogP contribution in [0.4, 0.5) is 10.1 Å². The molecule has 0 radical (unpaired) electrons. The maximum Gasteiger partial charge on any atom is 0.124 e. The third kappa shape index (κ3) is 3.69. The number of nitrogens with one attached hydrogen (secondary N) is 1. The summed E-state index contributed by atoms with van der Waals surface area (Å²) in [6.45, 7) is 3.12. The molecule has 2 rings (SSSR count). The molecule has 1 aromatic rings. The lowest BCUT2D eigenvalue weighted by Gasteiger charge is -2.28. The Balaban J connectivity index is 2.18. The van der Waals surface area contributed by atoms with Gasteiger partial charge in [0.15, 0.2) is 0 Å². The van der Waals surface area contributed by atoms with Crippen LogP contribution in [0.25, 0.3) is 0 Å². The van der Waals surface area contributed by atoms with Crippen LogP contribution in [-0.2, 0) is 4.74 Å². The first-order valence-electron chi connectivity index (χ1n) is 6.91. The summed E-state index contributed by atoms with van der Waals surface area (Å²) >= 11 is 0. The van der Waals surface area contributed by atoms with Crippen LogP contribution in [0.2, 0.25) is 0 Å². The van der Waals surface area contributed by atoms with Crippen molar-refractivity contribution < 1.29 is 9.13 Å². The van der Waals surface area contributed by atoms with E-state index in [1.165, 1.54) is 18.6 Å². The highest BCUT2D eigenvalue weighted by molar-refractivity contribution is 5.59. The van der Waals surface area contributed by atoms with E-state index in [4.69, 9.17) is 4.74 Å². The minimum absolute atomic E-state index is 0.374. The van der Waals surface area contributed by atoms with Crippen LogP contribution in [0.3, 0.4) is 0 Å². The molecular weight excluding hydrogens is 257 g/mol. The maximum atomic E-state index is 13.2. The Bertz CT molecular complexity index is 480. The molecule has 1 N–H and O–H groups in total. The van der Waals surface area contributed by atoms with E-state index in [1.54, 1.807) is 13.2 Å². The van der Waals surface area contributed by atoms with Gasteiger partial charge < -0.3 is 15.0 Å². The molecule has 1 unspecified atom stereocenters. The second-order valence-electron chi connectivity index (χ2n) is 5.01. The number of nitriles is 1. The summed E-state index contributed by atoms with van der Waals surface area (Å²) in [6, 6.07) is 6.86. The van der Waals surface area contributed by atoms with Gasteiger partial charge in [0, 0.05) is 26.2 Å². The standard InChI is InChI=1S/C15H20FN3O/c1-20-8-7-19(11-14-3-2-6-18-14)15-5-4-13(16)9-12(15)10-17/h4-5,9,14,18H,2-3,6-8,11H2,1H3. The van der Waals surface area contributed by atoms with E-state index in [0.29, 0.717) is 24.8 Å². The Morgan fingerprint density at radius 2 is 2.40 bits per heavy atom. The van der Waals surface area contributed by atoms with Crippen molar-refractivity contribution in [3.8, 4) is 6.07 Å². The molecule has 4 nitrogen and oxygen atoms in total. The molecule has 0 bridgehead atoms. The number of hydrogen-bond acceptors (Lipinski definition) is 4. The zero-order chi connectivity index (χ0) is 14.4. The summed E-state index contributed by atoms with van der Waals surface area (Å²) in [5.41, 5.74) is 1.15. The molecule has 0 spiro atoms. The van der Waals surface area contributed by atoms with Gasteiger partial charge in [-0.2, -0.15) is 5.26 Å². The Hall–Kier alpha value is -1.64. The van der Waals surface area contributed by atoms with Gasteiger partial charge in [0.2, 0.25) is 0 Å². The van der Waals surface area contributed by atoms with Crippen molar-refractivity contribution in [1.82, 2.24) is 5.32 Å². The number of nitrogens with zero attached hydrogens (tertiary/aromatic N) is 2. The fourth-order valence-electron chi connectivity index (χ4n) is 2.56. The predicted octanol–water partition coefficient (Wildman–Crippen LogP) is 1.90. The molecule has 108 valence electrons. The molecule has 1 aliphatic heterocycles. The van der Waals surface area contributed by atoms with Crippen molar-refractivity contribution in [2.75, 3.05) is 38.3 Å². The molecule has 0 aliphatic carbocycles. The molecular formula is C15H20FN3O. The second kappa shape index (κ2) is 7.22. The largest absolute Gasteiger partial charge is 0.383 e. The first kappa shape index (κ1) is 14.8. The number of rotatable bonds is 6. The molecule has 1 atom stereocenters. The Kier molecular flexibility index (Phi) is 5.33. The van der Waals surface area contributed by atoms with Gasteiger partial charge in [-0.05, 0) is 37.6 Å². The van der Waals surface area contributed by atoms with Crippen molar-refractivity contribution in [3.05, 3.63) is 29.6 Å². The van der Waals surface area contributed by atoms with Gasteiger partial charge in [-0.1, -0.05) is 0 Å². The van der Waals surface area contributed by atoms with Crippen molar-refractivity contribution in [1.29, 1.82) is 5.26 Å². The zero-order valence-electron chi connectivity index (χ0n) is 11.7. The molecule has 1 aliphatic rings. The first-order valence-corrected chi connectivity index (χ1v) is 6.91. The molecule has 0 amide bonds. The summed E-state index contributed by atoms with van der Waals surface area (Å²) in [5, 5.41) is 12.6. The van der Waals surface area contributed by atoms with Crippen LogP contribution in [0, 0.1) is 17.1 Å². The summed E-state index contributed by atoms with van der Waals surface area (Å²) in [7, 11) is 1.65. The summed E-state index contributed by atoms with van der Waals surface area (Å²) in [4.78, 5) is 2.10. The van der Waals surface area contributed by atoms with E-state index in [-0.39, 0.29) is 5.82 Å². The van der Waals surface area contributed by atoms with E-state index < -0.39 is 0 Å². The smallest absolute Gasteiger partial charge is 0.124 e. The topological polar surface area (TPSA) is 48.3 Å². The molecule has 1 fully saturated rings. The highest BCUT2D eigenvalue weighted by atomic mass is 19.1. The van der Waals surface area contributed by atoms with Crippen LogP contribution in [0.1, 0.15) is 18.4 Å². The number of hydrogen-bond donors (Lipinski definition) is 1. The van der Waals surface area contributed by atoms with Crippen molar-refractivity contribution in [2.24, 2.45) is 0 Å². The van der Waals surface area contributed by atoms with Crippen LogP contribution in [0.5, 0.6) is 0 Å². The lowest BCUT2D eigenvalue weighted by Crippen LogP contribution is -2.39. The lowest BCUT2D eigenvalue weighted by molar-refractivity contribution is 0.204. The molecule has 5 heteroatoms. The fraction of sp³-hybridized carbons (Fsp3) is 0.533. The number of anilines is 1. The van der Waals surface area contributed by atoms with Gasteiger partial charge in [-0.15, -0.1) is 0 Å². The van der Waals surface area contributed by atoms with Gasteiger partial charge >= 0.3 is 0 Å². The monoisotopic (exact) mass is 277 g/mol. The van der Waals surface area contributed by atoms with Crippen LogP contribution in [0.15, 0.2) is 18.2 Å². The van der Waals surface area contributed by atoms with Gasteiger partial charge in [0.25, 0.3) is 0 Å². The highest BCUT2D eigenvalue weighted by Gasteiger charge is 2.20. The SMILES string of the molecule is COCCN(CC1CCCN1)c1ccc(F)cc1C#N. The van der Waals surface area contributed by atoms with Crippen LogP contribution < -0.4 is 10.2 Å². The van der Waals surface area contributed by atoms with Crippen molar-refractivity contribution in [3.63, 3.8) is 0 Å². The lowest BCUT2D eigenvalue weighted by atomic mass is 10.1. The van der Waals surface area contributed by atoms with Crippen LogP contribution >= 0.6 is 0 Å². The molecule has 20 heavy (non-hydrogen) atoms. The average molecular weight is 277 g/mol. The van der Waals surface area contributed by atoms with Gasteiger partial charge in [0.1, 0.15) is 11.9 Å². The van der Waals surface area contributed by atoms with E-state index in [2.05, 4.69) is 16.3 Å². The maximum absolute atomic E-state index is 13.2. The summed E-state index contributed by atoms with van der Waals surface area (Å²) < 4.78 is 18.4. The highest BCUT2D eigenvalue weighted by Crippen LogP contribution is 2.22. The van der Waals surface area contributed by atoms with Crippen molar-refractivity contribution in [2.45, 2.75) is 18.9 Å². The minimum Gasteiger partial charge on any atom is -0.383 e. The third-order valence-corrected chi connectivity index (χ3v) is 3.59. The molecule has 0 aromatic heterocycles. The number of ether oxygens (including phenoxy) is 1. The molecule has 0 saturated carbocycles. The quantitative estimate of drug-likeness (QED) is 0.863. The third-order valence-electron chi connectivity index (χ3n) is 3.59. The van der Waals surface area contributed by atoms with E-state index in [9.17, 15) is 9.65 Å².